The van der Waals surface area contributed by atoms with Crippen molar-refractivity contribution >= 4 is 11.6 Å². The summed E-state index contributed by atoms with van der Waals surface area (Å²) in [5.74, 6) is -0.269. The summed E-state index contributed by atoms with van der Waals surface area (Å²) in [5.41, 5.74) is 2.20. The number of nitro benzene ring substituents is 1. The topological polar surface area (TPSA) is 90.1 Å². The van der Waals surface area contributed by atoms with Crippen LogP contribution in [-0.4, -0.2) is 20.4 Å². The smallest absolute Gasteiger partial charge is 0.273 e. The molecule has 7 heteroatoms. The van der Waals surface area contributed by atoms with Crippen LogP contribution in [-0.2, 0) is 17.8 Å². The number of amides is 1. The van der Waals surface area contributed by atoms with E-state index in [0.717, 1.165) is 11.3 Å². The maximum absolute atomic E-state index is 12.2. The van der Waals surface area contributed by atoms with Gasteiger partial charge in [-0.2, -0.15) is 0 Å². The number of rotatable bonds is 6. The molecule has 0 aliphatic rings. The first-order valence-corrected chi connectivity index (χ1v) is 7.70. The summed E-state index contributed by atoms with van der Waals surface area (Å²) >= 11 is 0. The van der Waals surface area contributed by atoms with E-state index >= 15 is 0 Å². The van der Waals surface area contributed by atoms with Gasteiger partial charge in [-0.15, -0.1) is 0 Å². The zero-order chi connectivity index (χ0) is 17.6. The molecular formula is C18H16N4O3. The van der Waals surface area contributed by atoms with Gasteiger partial charge >= 0.3 is 0 Å². The zero-order valence-corrected chi connectivity index (χ0v) is 13.3. The Kier molecular flexibility index (Phi) is 4.84. The Morgan fingerprint density at radius 1 is 1.12 bits per heavy atom. The number of nitrogens with zero attached hydrogens (tertiary/aromatic N) is 3. The normalized spacial score (nSPS) is 10.4. The summed E-state index contributed by atoms with van der Waals surface area (Å²) in [5, 5.41) is 13.8. The highest BCUT2D eigenvalue weighted by Crippen LogP contribution is 2.18. The Hall–Kier alpha value is -3.48. The zero-order valence-electron chi connectivity index (χ0n) is 13.3. The summed E-state index contributed by atoms with van der Waals surface area (Å²) in [4.78, 5) is 26.8. The van der Waals surface area contributed by atoms with Crippen LogP contribution < -0.4 is 5.32 Å². The summed E-state index contributed by atoms with van der Waals surface area (Å²) < 4.78 is 1.86. The average Bonchev–Trinajstić information content (AvgIpc) is 3.15. The summed E-state index contributed by atoms with van der Waals surface area (Å²) in [6.45, 7) is 0.327. The third kappa shape index (κ3) is 3.89. The van der Waals surface area contributed by atoms with Crippen LogP contribution >= 0.6 is 0 Å². The van der Waals surface area contributed by atoms with Crippen molar-refractivity contribution in [3.05, 3.63) is 88.5 Å². The molecule has 1 N–H and O–H groups in total. The van der Waals surface area contributed by atoms with Crippen molar-refractivity contribution < 1.29 is 9.72 Å². The second-order valence-corrected chi connectivity index (χ2v) is 5.44. The van der Waals surface area contributed by atoms with E-state index in [0.29, 0.717) is 12.1 Å². The first-order chi connectivity index (χ1) is 12.1. The molecule has 2 aromatic carbocycles. The maximum Gasteiger partial charge on any atom is 0.273 e. The van der Waals surface area contributed by atoms with Gasteiger partial charge in [0.25, 0.3) is 5.69 Å². The monoisotopic (exact) mass is 336 g/mol. The van der Waals surface area contributed by atoms with Gasteiger partial charge in [-0.25, -0.2) is 4.98 Å². The maximum atomic E-state index is 12.2. The van der Waals surface area contributed by atoms with Gasteiger partial charge in [-0.3, -0.25) is 14.9 Å². The Bertz CT molecular complexity index is 891. The predicted octanol–water partition coefficient (Wildman–Crippen LogP) is 2.64. The average molecular weight is 336 g/mol. The van der Waals surface area contributed by atoms with Crippen LogP contribution in [0, 0.1) is 10.1 Å². The van der Waals surface area contributed by atoms with Crippen LogP contribution in [0.3, 0.4) is 0 Å². The number of hydrogen-bond donors (Lipinski definition) is 1. The number of aromatic nitrogens is 2. The highest BCUT2D eigenvalue weighted by atomic mass is 16.6. The van der Waals surface area contributed by atoms with Crippen molar-refractivity contribution in [1.29, 1.82) is 0 Å². The van der Waals surface area contributed by atoms with E-state index in [1.165, 1.54) is 6.07 Å². The molecule has 0 unspecified atom stereocenters. The largest absolute Gasteiger partial charge is 0.352 e. The van der Waals surface area contributed by atoms with Gasteiger partial charge in [0.2, 0.25) is 5.91 Å². The lowest BCUT2D eigenvalue weighted by Gasteiger charge is -2.11. The van der Waals surface area contributed by atoms with Gasteiger partial charge in [0.05, 0.1) is 23.4 Å². The first kappa shape index (κ1) is 16.4. The minimum absolute atomic E-state index is 0.0373. The van der Waals surface area contributed by atoms with Crippen molar-refractivity contribution in [3.63, 3.8) is 0 Å². The lowest BCUT2D eigenvalue weighted by molar-refractivity contribution is -0.385. The van der Waals surface area contributed by atoms with E-state index in [4.69, 9.17) is 0 Å². The quantitative estimate of drug-likeness (QED) is 0.553. The third-order valence-corrected chi connectivity index (χ3v) is 3.79. The molecule has 126 valence electrons. The van der Waals surface area contributed by atoms with Gasteiger partial charge in [0.1, 0.15) is 0 Å². The number of carbonyl (C=O) groups excluding carboxylic acids is 1. The van der Waals surface area contributed by atoms with Crippen molar-refractivity contribution in [1.82, 2.24) is 14.9 Å². The molecule has 1 amide bonds. The van der Waals surface area contributed by atoms with Crippen LogP contribution in [0.5, 0.6) is 0 Å². The van der Waals surface area contributed by atoms with Gasteiger partial charge in [-0.05, 0) is 11.6 Å². The number of nitrogens with one attached hydrogen (secondary N) is 1. The molecule has 25 heavy (non-hydrogen) atoms. The van der Waals surface area contributed by atoms with Gasteiger partial charge < -0.3 is 9.88 Å². The Morgan fingerprint density at radius 3 is 2.56 bits per heavy atom. The number of benzene rings is 2. The van der Waals surface area contributed by atoms with Crippen molar-refractivity contribution in [3.8, 4) is 5.69 Å². The molecule has 3 aromatic rings. The van der Waals surface area contributed by atoms with E-state index in [9.17, 15) is 14.9 Å². The van der Waals surface area contributed by atoms with E-state index in [-0.39, 0.29) is 18.0 Å². The second-order valence-electron chi connectivity index (χ2n) is 5.44. The molecule has 0 aliphatic heterocycles. The first-order valence-electron chi connectivity index (χ1n) is 7.70. The number of nitro groups is 1. The van der Waals surface area contributed by atoms with Gasteiger partial charge in [-0.1, -0.05) is 36.4 Å². The predicted molar refractivity (Wildman–Crippen MR) is 92.2 cm³/mol. The van der Waals surface area contributed by atoms with Crippen LogP contribution in [0.25, 0.3) is 5.69 Å². The number of carbonyl (C=O) groups is 1. The van der Waals surface area contributed by atoms with Gasteiger partial charge in [0.15, 0.2) is 0 Å². The van der Waals surface area contributed by atoms with Crippen molar-refractivity contribution in [2.24, 2.45) is 0 Å². The molecule has 1 heterocycles. The molecule has 0 spiro atoms. The molecule has 0 bridgehead atoms. The lowest BCUT2D eigenvalue weighted by atomic mass is 10.1. The molecule has 3 rings (SSSR count). The fourth-order valence-corrected chi connectivity index (χ4v) is 2.58. The Balaban J connectivity index is 1.69. The van der Waals surface area contributed by atoms with Gasteiger partial charge in [0, 0.05) is 30.6 Å². The number of hydrogen-bond acceptors (Lipinski definition) is 4. The minimum atomic E-state index is -0.475. The molecule has 0 fully saturated rings. The van der Waals surface area contributed by atoms with Crippen LogP contribution in [0.1, 0.15) is 11.1 Å². The van der Waals surface area contributed by atoms with Crippen molar-refractivity contribution in [2.75, 3.05) is 0 Å². The molecule has 0 radical (unpaired) electrons. The SMILES string of the molecule is O=C(Cc1ccccc1[N+](=O)[O-])NCc1ccccc1-n1ccnc1. The molecule has 0 saturated carbocycles. The van der Waals surface area contributed by atoms with E-state index < -0.39 is 4.92 Å². The Morgan fingerprint density at radius 2 is 1.84 bits per heavy atom. The molecule has 0 saturated heterocycles. The highest BCUT2D eigenvalue weighted by molar-refractivity contribution is 5.79. The van der Waals surface area contributed by atoms with E-state index in [1.54, 1.807) is 30.7 Å². The summed E-state index contributed by atoms with van der Waals surface area (Å²) in [6, 6.07) is 13.9. The molecule has 0 atom stereocenters. The van der Waals surface area contributed by atoms with Crippen LogP contribution in [0.4, 0.5) is 5.69 Å². The van der Waals surface area contributed by atoms with Crippen LogP contribution in [0.2, 0.25) is 0 Å². The molecule has 0 aliphatic carbocycles. The fraction of sp³-hybridized carbons (Fsp3) is 0.111. The minimum Gasteiger partial charge on any atom is -0.352 e. The molecule has 1 aromatic heterocycles. The number of para-hydroxylation sites is 2. The summed E-state index contributed by atoms with van der Waals surface area (Å²) in [7, 11) is 0. The fourth-order valence-electron chi connectivity index (χ4n) is 2.58. The lowest BCUT2D eigenvalue weighted by Crippen LogP contribution is -2.25. The van der Waals surface area contributed by atoms with E-state index in [1.807, 2.05) is 35.0 Å². The molecular weight excluding hydrogens is 320 g/mol. The highest BCUT2D eigenvalue weighted by Gasteiger charge is 2.15. The second kappa shape index (κ2) is 7.39. The van der Waals surface area contributed by atoms with Crippen molar-refractivity contribution in [2.45, 2.75) is 13.0 Å². The summed E-state index contributed by atoms with van der Waals surface area (Å²) in [6.07, 6.45) is 5.16. The standard InChI is InChI=1S/C18H16N4O3/c23-18(11-14-5-1-4-8-17(14)22(24)25)20-12-15-6-2-3-7-16(15)21-10-9-19-13-21/h1-10,13H,11-12H2,(H,20,23). The molecule has 7 nitrogen and oxygen atoms in total. The van der Waals surface area contributed by atoms with E-state index in [2.05, 4.69) is 10.3 Å². The number of imidazole rings is 1. The Labute approximate surface area is 144 Å². The van der Waals surface area contributed by atoms with Crippen LogP contribution in [0.15, 0.2) is 67.3 Å². The third-order valence-electron chi connectivity index (χ3n) is 3.79.